The van der Waals surface area contributed by atoms with Crippen molar-refractivity contribution >= 4 is 22.6 Å². The fourth-order valence-electron chi connectivity index (χ4n) is 3.87. The number of rotatable bonds is 5. The number of hydrogen-bond donors (Lipinski definition) is 0. The van der Waals surface area contributed by atoms with Gasteiger partial charge in [0, 0.05) is 23.6 Å². The van der Waals surface area contributed by atoms with Gasteiger partial charge in [0.05, 0.1) is 32.4 Å². The highest BCUT2D eigenvalue weighted by atomic mass is 32.2. The number of allylic oxidation sites excluding steroid dienone is 2. The van der Waals surface area contributed by atoms with Crippen LogP contribution >= 0.6 is 11.8 Å². The highest BCUT2D eigenvalue weighted by Gasteiger charge is 2.41. The summed E-state index contributed by atoms with van der Waals surface area (Å²) in [6.07, 6.45) is 2.04. The van der Waals surface area contributed by atoms with Crippen LogP contribution in [0.25, 0.3) is 0 Å². The number of ether oxygens (including phenoxy) is 3. The SMILES string of the molecule is CCSC1=NC2=C(C(=O)CCC2)[C@H](c2cc(OC)c(OC)c(OC)c2)C1C#N. The molecule has 0 saturated carbocycles. The molecule has 7 heteroatoms. The zero-order valence-corrected chi connectivity index (χ0v) is 17.4. The first kappa shape index (κ1) is 20.3. The summed E-state index contributed by atoms with van der Waals surface area (Å²) >= 11 is 1.56. The predicted molar refractivity (Wildman–Crippen MR) is 109 cm³/mol. The largest absolute Gasteiger partial charge is 0.493 e. The van der Waals surface area contributed by atoms with Gasteiger partial charge in [0.2, 0.25) is 5.75 Å². The summed E-state index contributed by atoms with van der Waals surface area (Å²) in [5.41, 5.74) is 2.28. The molecule has 3 rings (SSSR count). The third-order valence-electron chi connectivity index (χ3n) is 5.06. The Balaban J connectivity index is 2.23. The molecule has 2 aliphatic rings. The van der Waals surface area contributed by atoms with E-state index in [4.69, 9.17) is 19.2 Å². The molecule has 1 aliphatic heterocycles. The Kier molecular flexibility index (Phi) is 6.30. The number of methoxy groups -OCH3 is 3. The van der Waals surface area contributed by atoms with Gasteiger partial charge in [-0.15, -0.1) is 11.8 Å². The summed E-state index contributed by atoms with van der Waals surface area (Å²) in [5.74, 6) is 1.47. The number of nitrogens with zero attached hydrogens (tertiary/aromatic N) is 2. The molecule has 0 fully saturated rings. The number of aliphatic imine (C=N–C) groups is 1. The van der Waals surface area contributed by atoms with Gasteiger partial charge >= 0.3 is 0 Å². The van der Waals surface area contributed by atoms with E-state index in [1.807, 2.05) is 19.1 Å². The summed E-state index contributed by atoms with van der Waals surface area (Å²) in [7, 11) is 4.66. The van der Waals surface area contributed by atoms with Crippen molar-refractivity contribution in [3.05, 3.63) is 29.0 Å². The van der Waals surface area contributed by atoms with Gasteiger partial charge in [0.25, 0.3) is 0 Å². The molecule has 2 atom stereocenters. The minimum Gasteiger partial charge on any atom is -0.493 e. The van der Waals surface area contributed by atoms with E-state index in [0.29, 0.717) is 29.2 Å². The summed E-state index contributed by atoms with van der Waals surface area (Å²) in [6.45, 7) is 2.03. The first-order chi connectivity index (χ1) is 13.6. The van der Waals surface area contributed by atoms with Crippen molar-refractivity contribution in [2.24, 2.45) is 10.9 Å². The molecule has 1 heterocycles. The lowest BCUT2D eigenvalue weighted by atomic mass is 9.74. The van der Waals surface area contributed by atoms with E-state index in [1.54, 1.807) is 33.1 Å². The summed E-state index contributed by atoms with van der Waals surface area (Å²) in [5, 5.41) is 10.8. The van der Waals surface area contributed by atoms with Crippen LogP contribution in [0, 0.1) is 17.2 Å². The maximum atomic E-state index is 12.8. The maximum absolute atomic E-state index is 12.8. The maximum Gasteiger partial charge on any atom is 0.203 e. The lowest BCUT2D eigenvalue weighted by Crippen LogP contribution is -2.30. The summed E-state index contributed by atoms with van der Waals surface area (Å²) in [6, 6.07) is 6.07. The molecule has 6 nitrogen and oxygen atoms in total. The van der Waals surface area contributed by atoms with E-state index in [2.05, 4.69) is 6.07 Å². The van der Waals surface area contributed by atoms with Crippen LogP contribution in [0.1, 0.15) is 37.7 Å². The van der Waals surface area contributed by atoms with Crippen molar-refractivity contribution in [3.63, 3.8) is 0 Å². The Morgan fingerprint density at radius 2 is 1.86 bits per heavy atom. The van der Waals surface area contributed by atoms with Gasteiger partial charge in [0.15, 0.2) is 17.3 Å². The van der Waals surface area contributed by atoms with E-state index >= 15 is 0 Å². The third kappa shape index (κ3) is 3.49. The lowest BCUT2D eigenvalue weighted by molar-refractivity contribution is -0.116. The molecule has 1 aromatic rings. The van der Waals surface area contributed by atoms with Crippen molar-refractivity contribution in [1.29, 1.82) is 5.26 Å². The molecule has 0 N–H and O–H groups in total. The first-order valence-electron chi connectivity index (χ1n) is 9.26. The molecule has 148 valence electrons. The van der Waals surface area contributed by atoms with Crippen LogP contribution in [-0.2, 0) is 4.79 Å². The van der Waals surface area contributed by atoms with E-state index in [1.165, 1.54) is 0 Å². The standard InChI is InChI=1S/C21H24N2O4S/c1-5-28-21-13(11-22)18(19-14(23-21)7-6-8-15(19)24)12-9-16(25-2)20(27-4)17(10-12)26-3/h9-10,13,18H,5-8H2,1-4H3/t13?,18-/m1/s1. The molecule has 1 aromatic carbocycles. The van der Waals surface area contributed by atoms with Gasteiger partial charge in [-0.1, -0.05) is 6.92 Å². The number of carbonyl (C=O) groups excluding carboxylic acids is 1. The minimum absolute atomic E-state index is 0.0737. The Morgan fingerprint density at radius 3 is 2.39 bits per heavy atom. The molecule has 0 amide bonds. The normalized spacial score (nSPS) is 21.5. The van der Waals surface area contributed by atoms with Crippen LogP contribution in [0.4, 0.5) is 0 Å². The van der Waals surface area contributed by atoms with Crippen molar-refractivity contribution in [2.45, 2.75) is 32.1 Å². The molecule has 1 aliphatic carbocycles. The highest BCUT2D eigenvalue weighted by Crippen LogP contribution is 2.48. The number of benzene rings is 1. The molecule has 0 saturated heterocycles. The number of nitriles is 1. The summed E-state index contributed by atoms with van der Waals surface area (Å²) in [4.78, 5) is 17.6. The molecule has 1 unspecified atom stereocenters. The Labute approximate surface area is 169 Å². The van der Waals surface area contributed by atoms with Crippen molar-refractivity contribution in [3.8, 4) is 23.3 Å². The van der Waals surface area contributed by atoms with E-state index < -0.39 is 11.8 Å². The zero-order chi connectivity index (χ0) is 20.3. The molecule has 0 radical (unpaired) electrons. The minimum atomic E-state index is -0.520. The number of carbonyl (C=O) groups is 1. The van der Waals surface area contributed by atoms with Gasteiger partial charge in [-0.2, -0.15) is 5.26 Å². The van der Waals surface area contributed by atoms with Gasteiger partial charge in [-0.25, -0.2) is 4.99 Å². The number of Topliss-reactive ketones (excluding diaryl/α,β-unsaturated/α-hetero) is 1. The lowest BCUT2D eigenvalue weighted by Gasteiger charge is -2.33. The van der Waals surface area contributed by atoms with Crippen LogP contribution in [0.15, 0.2) is 28.4 Å². The van der Waals surface area contributed by atoms with Gasteiger partial charge in [-0.05, 0) is 36.3 Å². The van der Waals surface area contributed by atoms with Crippen molar-refractivity contribution < 1.29 is 19.0 Å². The topological polar surface area (TPSA) is 80.9 Å². The quantitative estimate of drug-likeness (QED) is 0.740. The average Bonchev–Trinajstić information content (AvgIpc) is 2.72. The average molecular weight is 401 g/mol. The Bertz CT molecular complexity index is 860. The molecule has 0 aromatic heterocycles. The monoisotopic (exact) mass is 400 g/mol. The van der Waals surface area contributed by atoms with Crippen LogP contribution < -0.4 is 14.2 Å². The van der Waals surface area contributed by atoms with Crippen LogP contribution in [-0.4, -0.2) is 37.9 Å². The molecular formula is C21H24N2O4S. The van der Waals surface area contributed by atoms with Gasteiger partial charge < -0.3 is 14.2 Å². The Hall–Kier alpha value is -2.46. The second kappa shape index (κ2) is 8.70. The van der Waals surface area contributed by atoms with Crippen LogP contribution in [0.3, 0.4) is 0 Å². The number of hydrogen-bond acceptors (Lipinski definition) is 7. The van der Waals surface area contributed by atoms with E-state index in [0.717, 1.165) is 34.9 Å². The summed E-state index contributed by atoms with van der Waals surface area (Å²) < 4.78 is 16.4. The van der Waals surface area contributed by atoms with E-state index in [9.17, 15) is 10.1 Å². The molecule has 0 bridgehead atoms. The number of ketones is 1. The molecule has 28 heavy (non-hydrogen) atoms. The number of thioether (sulfide) groups is 1. The second-order valence-electron chi connectivity index (χ2n) is 6.56. The smallest absolute Gasteiger partial charge is 0.203 e. The van der Waals surface area contributed by atoms with Crippen molar-refractivity contribution in [2.75, 3.05) is 27.1 Å². The van der Waals surface area contributed by atoms with Crippen LogP contribution in [0.2, 0.25) is 0 Å². The van der Waals surface area contributed by atoms with Gasteiger partial charge in [-0.3, -0.25) is 4.79 Å². The fourth-order valence-corrected chi connectivity index (χ4v) is 4.71. The molecule has 0 spiro atoms. The van der Waals surface area contributed by atoms with Crippen molar-refractivity contribution in [1.82, 2.24) is 0 Å². The first-order valence-corrected chi connectivity index (χ1v) is 10.2. The predicted octanol–water partition coefficient (Wildman–Crippen LogP) is 4.11. The van der Waals surface area contributed by atoms with Gasteiger partial charge in [0.1, 0.15) is 5.92 Å². The highest BCUT2D eigenvalue weighted by molar-refractivity contribution is 8.14. The molecular weight excluding hydrogens is 376 g/mol. The third-order valence-corrected chi connectivity index (χ3v) is 5.99. The van der Waals surface area contributed by atoms with E-state index in [-0.39, 0.29) is 5.78 Å². The zero-order valence-electron chi connectivity index (χ0n) is 16.6. The second-order valence-corrected chi connectivity index (χ2v) is 7.85. The van der Waals surface area contributed by atoms with Crippen LogP contribution in [0.5, 0.6) is 17.2 Å². The Morgan fingerprint density at radius 1 is 1.18 bits per heavy atom. The fraction of sp³-hybridized carbons (Fsp3) is 0.476.